The van der Waals surface area contributed by atoms with Crippen LogP contribution in [0.3, 0.4) is 0 Å². The van der Waals surface area contributed by atoms with E-state index < -0.39 is 0 Å². The predicted octanol–water partition coefficient (Wildman–Crippen LogP) is 3.81. The van der Waals surface area contributed by atoms with Crippen molar-refractivity contribution in [2.45, 2.75) is 51.4 Å². The Morgan fingerprint density at radius 2 is 1.96 bits per heavy atom. The van der Waals surface area contributed by atoms with Crippen LogP contribution in [0.1, 0.15) is 31.6 Å². The van der Waals surface area contributed by atoms with Gasteiger partial charge in [0.2, 0.25) is 0 Å². The zero-order valence-corrected chi connectivity index (χ0v) is 14.5. The van der Waals surface area contributed by atoms with Crippen LogP contribution in [0.4, 0.5) is 0 Å². The highest BCUT2D eigenvalue weighted by Crippen LogP contribution is 2.28. The second kappa shape index (κ2) is 7.33. The second-order valence-electron chi connectivity index (χ2n) is 6.92. The van der Waals surface area contributed by atoms with Crippen LogP contribution in [0.15, 0.2) is 53.1 Å². The van der Waals surface area contributed by atoms with E-state index in [1.54, 1.807) is 6.26 Å². The Morgan fingerprint density at radius 3 is 2.61 bits per heavy atom. The molecule has 0 bridgehead atoms. The molecule has 0 radical (unpaired) electrons. The topological polar surface area (TPSA) is 19.6 Å². The van der Waals surface area contributed by atoms with Crippen LogP contribution < -0.4 is 0 Å². The van der Waals surface area contributed by atoms with Crippen LogP contribution in [0.2, 0.25) is 0 Å². The second-order valence-corrected chi connectivity index (χ2v) is 6.92. The quantitative estimate of drug-likeness (QED) is 0.809. The van der Waals surface area contributed by atoms with Crippen molar-refractivity contribution >= 4 is 0 Å². The van der Waals surface area contributed by atoms with Crippen LogP contribution >= 0.6 is 0 Å². The highest BCUT2D eigenvalue weighted by molar-refractivity contribution is 5.17. The third-order valence-electron chi connectivity index (χ3n) is 5.19. The minimum absolute atomic E-state index is 0.537. The van der Waals surface area contributed by atoms with Gasteiger partial charge in [-0.05, 0) is 51.4 Å². The molecule has 1 fully saturated rings. The first kappa shape index (κ1) is 16.3. The van der Waals surface area contributed by atoms with Crippen molar-refractivity contribution in [2.24, 2.45) is 0 Å². The smallest absolute Gasteiger partial charge is 0.117 e. The molecule has 0 N–H and O–H groups in total. The Balaban J connectivity index is 1.78. The summed E-state index contributed by atoms with van der Waals surface area (Å²) in [7, 11) is 2.27. The van der Waals surface area contributed by atoms with Gasteiger partial charge in [0.25, 0.3) is 0 Å². The van der Waals surface area contributed by atoms with E-state index >= 15 is 0 Å². The number of likely N-dealkylation sites (tertiary alicyclic amines) is 1. The Kier molecular flexibility index (Phi) is 5.19. The van der Waals surface area contributed by atoms with Gasteiger partial charge >= 0.3 is 0 Å². The summed E-state index contributed by atoms with van der Waals surface area (Å²) in [6, 6.07) is 16.6. The number of hydrogen-bond acceptors (Lipinski definition) is 3. The maximum Gasteiger partial charge on any atom is 0.117 e. The van der Waals surface area contributed by atoms with Gasteiger partial charge in [-0.25, -0.2) is 0 Å². The van der Waals surface area contributed by atoms with Crippen molar-refractivity contribution < 1.29 is 4.42 Å². The van der Waals surface area contributed by atoms with E-state index in [1.165, 1.54) is 12.0 Å². The molecule has 0 aliphatic carbocycles. The fourth-order valence-electron chi connectivity index (χ4n) is 3.68. The molecule has 2 atom stereocenters. The molecule has 0 unspecified atom stereocenters. The normalized spacial score (nSPS) is 22.3. The molecule has 1 aromatic carbocycles. The standard InChI is InChI=1S/C20H28N2O/c1-16(2)21(3)19-11-12-22(15-18-10-7-13-23-18)20(19)14-17-8-5-4-6-9-17/h4-10,13,16,19-20H,11-12,14-15H2,1-3H3/t19-,20+/m1/s1. The van der Waals surface area contributed by atoms with Gasteiger partial charge in [-0.3, -0.25) is 9.80 Å². The summed E-state index contributed by atoms with van der Waals surface area (Å²) in [6.07, 6.45) is 4.10. The fraction of sp³-hybridized carbons (Fsp3) is 0.500. The lowest BCUT2D eigenvalue weighted by molar-refractivity contribution is 0.131. The first-order valence-electron chi connectivity index (χ1n) is 8.67. The number of nitrogens with zero attached hydrogens (tertiary/aromatic N) is 2. The molecule has 2 heterocycles. The number of rotatable bonds is 6. The summed E-state index contributed by atoms with van der Waals surface area (Å²) in [6.45, 7) is 6.62. The lowest BCUT2D eigenvalue weighted by atomic mass is 9.98. The average Bonchev–Trinajstić information content (AvgIpc) is 3.19. The molecule has 1 aromatic heterocycles. The van der Waals surface area contributed by atoms with E-state index in [4.69, 9.17) is 4.42 Å². The molecular weight excluding hydrogens is 284 g/mol. The zero-order chi connectivity index (χ0) is 16.2. The Hall–Kier alpha value is -1.58. The Labute approximate surface area is 139 Å². The third kappa shape index (κ3) is 3.85. The number of furan rings is 1. The van der Waals surface area contributed by atoms with Gasteiger partial charge in [0.15, 0.2) is 0 Å². The summed E-state index contributed by atoms with van der Waals surface area (Å²) in [5.41, 5.74) is 1.42. The number of likely N-dealkylation sites (N-methyl/N-ethyl adjacent to an activating group) is 1. The van der Waals surface area contributed by atoms with E-state index in [0.29, 0.717) is 18.1 Å². The molecule has 3 rings (SSSR count). The number of benzene rings is 1. The van der Waals surface area contributed by atoms with E-state index in [9.17, 15) is 0 Å². The first-order valence-corrected chi connectivity index (χ1v) is 8.67. The van der Waals surface area contributed by atoms with Crippen molar-refractivity contribution in [3.8, 4) is 0 Å². The Bertz CT molecular complexity index is 579. The van der Waals surface area contributed by atoms with Gasteiger partial charge in [0.1, 0.15) is 5.76 Å². The van der Waals surface area contributed by atoms with Crippen LogP contribution in [0.25, 0.3) is 0 Å². The van der Waals surface area contributed by atoms with Gasteiger partial charge in [-0.1, -0.05) is 30.3 Å². The molecule has 2 aromatic rings. The van der Waals surface area contributed by atoms with Gasteiger partial charge in [0, 0.05) is 24.7 Å². The molecule has 1 saturated heterocycles. The van der Waals surface area contributed by atoms with Crippen molar-refractivity contribution in [3.05, 3.63) is 60.1 Å². The maximum absolute atomic E-state index is 5.58. The molecule has 0 spiro atoms. The summed E-state index contributed by atoms with van der Waals surface area (Å²) in [5.74, 6) is 1.07. The molecule has 23 heavy (non-hydrogen) atoms. The van der Waals surface area contributed by atoms with Gasteiger partial charge < -0.3 is 4.42 Å². The molecular formula is C20H28N2O. The molecule has 3 heteroatoms. The summed E-state index contributed by atoms with van der Waals surface area (Å²) >= 11 is 0. The highest BCUT2D eigenvalue weighted by Gasteiger charge is 2.37. The summed E-state index contributed by atoms with van der Waals surface area (Å²) < 4.78 is 5.58. The summed E-state index contributed by atoms with van der Waals surface area (Å²) in [4.78, 5) is 5.13. The first-order chi connectivity index (χ1) is 11.1. The van der Waals surface area contributed by atoms with Crippen molar-refractivity contribution in [1.82, 2.24) is 9.80 Å². The van der Waals surface area contributed by atoms with E-state index in [-0.39, 0.29) is 0 Å². The SMILES string of the molecule is CC(C)N(C)[C@@H]1CCN(Cc2ccco2)[C@H]1Cc1ccccc1. The minimum Gasteiger partial charge on any atom is -0.468 e. The summed E-state index contributed by atoms with van der Waals surface area (Å²) in [5, 5.41) is 0. The van der Waals surface area contributed by atoms with E-state index in [0.717, 1.165) is 25.3 Å². The molecule has 124 valence electrons. The van der Waals surface area contributed by atoms with Crippen LogP contribution in [-0.4, -0.2) is 41.5 Å². The molecule has 0 amide bonds. The molecule has 3 nitrogen and oxygen atoms in total. The average molecular weight is 312 g/mol. The third-order valence-corrected chi connectivity index (χ3v) is 5.19. The zero-order valence-electron chi connectivity index (χ0n) is 14.5. The van der Waals surface area contributed by atoms with Crippen LogP contribution in [-0.2, 0) is 13.0 Å². The van der Waals surface area contributed by atoms with Crippen molar-refractivity contribution in [1.29, 1.82) is 0 Å². The van der Waals surface area contributed by atoms with Crippen LogP contribution in [0.5, 0.6) is 0 Å². The lowest BCUT2D eigenvalue weighted by Crippen LogP contribution is -2.47. The monoisotopic (exact) mass is 312 g/mol. The highest BCUT2D eigenvalue weighted by atomic mass is 16.3. The van der Waals surface area contributed by atoms with Gasteiger partial charge in [-0.15, -0.1) is 0 Å². The van der Waals surface area contributed by atoms with E-state index in [1.807, 2.05) is 6.07 Å². The predicted molar refractivity (Wildman–Crippen MR) is 94.4 cm³/mol. The van der Waals surface area contributed by atoms with Gasteiger partial charge in [0.05, 0.1) is 12.8 Å². The maximum atomic E-state index is 5.58. The van der Waals surface area contributed by atoms with Crippen molar-refractivity contribution in [3.63, 3.8) is 0 Å². The van der Waals surface area contributed by atoms with Crippen molar-refractivity contribution in [2.75, 3.05) is 13.6 Å². The number of hydrogen-bond donors (Lipinski definition) is 0. The minimum atomic E-state index is 0.537. The van der Waals surface area contributed by atoms with Crippen LogP contribution in [0, 0.1) is 0 Å². The fourth-order valence-corrected chi connectivity index (χ4v) is 3.68. The van der Waals surface area contributed by atoms with E-state index in [2.05, 4.69) is 67.1 Å². The lowest BCUT2D eigenvalue weighted by Gasteiger charge is -2.35. The molecule has 1 aliphatic heterocycles. The Morgan fingerprint density at radius 1 is 1.17 bits per heavy atom. The van der Waals surface area contributed by atoms with Gasteiger partial charge in [-0.2, -0.15) is 0 Å². The molecule has 0 saturated carbocycles. The largest absolute Gasteiger partial charge is 0.468 e. The molecule has 1 aliphatic rings.